The number of benzene rings is 1. The molecule has 6 heteroatoms. The SMILES string of the molecule is COC(=O)c1cc(OCCCCCCc2ccco2)cc(C(=O)OC)c1. The summed E-state index contributed by atoms with van der Waals surface area (Å²) in [6.45, 7) is 0.506. The zero-order chi connectivity index (χ0) is 18.8. The third-order valence-corrected chi connectivity index (χ3v) is 3.92. The number of aryl methyl sites for hydroxylation is 1. The number of rotatable bonds is 10. The van der Waals surface area contributed by atoms with Crippen molar-refractivity contribution >= 4 is 11.9 Å². The van der Waals surface area contributed by atoms with E-state index in [2.05, 4.69) is 0 Å². The molecular formula is C20H24O6. The molecule has 0 saturated heterocycles. The molecule has 0 atom stereocenters. The van der Waals surface area contributed by atoms with Gasteiger partial charge in [0.25, 0.3) is 0 Å². The summed E-state index contributed by atoms with van der Waals surface area (Å²) in [4.78, 5) is 23.5. The van der Waals surface area contributed by atoms with Crippen LogP contribution in [0.2, 0.25) is 0 Å². The molecular weight excluding hydrogens is 336 g/mol. The van der Waals surface area contributed by atoms with Crippen molar-refractivity contribution in [1.82, 2.24) is 0 Å². The van der Waals surface area contributed by atoms with Crippen molar-refractivity contribution < 1.29 is 28.2 Å². The molecule has 0 N–H and O–H groups in total. The summed E-state index contributed by atoms with van der Waals surface area (Å²) in [5, 5.41) is 0. The number of hydrogen-bond acceptors (Lipinski definition) is 6. The van der Waals surface area contributed by atoms with E-state index < -0.39 is 11.9 Å². The van der Waals surface area contributed by atoms with Crippen LogP contribution >= 0.6 is 0 Å². The van der Waals surface area contributed by atoms with Crippen LogP contribution in [0.4, 0.5) is 0 Å². The molecule has 1 heterocycles. The van der Waals surface area contributed by atoms with Crippen molar-refractivity contribution in [3.8, 4) is 5.75 Å². The van der Waals surface area contributed by atoms with Gasteiger partial charge < -0.3 is 18.6 Å². The predicted molar refractivity (Wildman–Crippen MR) is 95.5 cm³/mol. The highest BCUT2D eigenvalue weighted by molar-refractivity contribution is 5.96. The highest BCUT2D eigenvalue weighted by Crippen LogP contribution is 2.19. The maximum atomic E-state index is 11.7. The summed E-state index contributed by atoms with van der Waals surface area (Å²) in [6, 6.07) is 8.44. The van der Waals surface area contributed by atoms with Crippen molar-refractivity contribution in [2.45, 2.75) is 32.1 Å². The zero-order valence-corrected chi connectivity index (χ0v) is 15.2. The lowest BCUT2D eigenvalue weighted by Crippen LogP contribution is -2.08. The molecule has 1 aromatic carbocycles. The van der Waals surface area contributed by atoms with Crippen LogP contribution in [-0.2, 0) is 15.9 Å². The van der Waals surface area contributed by atoms with Gasteiger partial charge in [0.2, 0.25) is 0 Å². The third-order valence-electron chi connectivity index (χ3n) is 3.92. The standard InChI is InChI=1S/C20H24O6/c1-23-19(21)15-12-16(20(22)24-2)14-18(13-15)26-10-6-4-3-5-8-17-9-7-11-25-17/h7,9,11-14H,3-6,8,10H2,1-2H3. The first kappa shape index (κ1) is 19.6. The Bertz CT molecular complexity index is 671. The van der Waals surface area contributed by atoms with Crippen LogP contribution in [0, 0.1) is 0 Å². The molecule has 0 spiro atoms. The van der Waals surface area contributed by atoms with Crippen LogP contribution < -0.4 is 4.74 Å². The van der Waals surface area contributed by atoms with Gasteiger partial charge >= 0.3 is 11.9 Å². The molecule has 1 aromatic heterocycles. The fourth-order valence-corrected chi connectivity index (χ4v) is 2.55. The van der Waals surface area contributed by atoms with Gasteiger partial charge in [0.1, 0.15) is 11.5 Å². The number of hydrogen-bond donors (Lipinski definition) is 0. The Hall–Kier alpha value is -2.76. The minimum absolute atomic E-state index is 0.254. The number of esters is 2. The molecule has 0 fully saturated rings. The summed E-state index contributed by atoms with van der Waals surface area (Å²) in [5.41, 5.74) is 0.507. The van der Waals surface area contributed by atoms with Gasteiger partial charge in [0, 0.05) is 6.42 Å². The van der Waals surface area contributed by atoms with Crippen molar-refractivity contribution in [2.75, 3.05) is 20.8 Å². The highest BCUT2D eigenvalue weighted by atomic mass is 16.5. The molecule has 0 aliphatic rings. The van der Waals surface area contributed by atoms with E-state index in [-0.39, 0.29) is 11.1 Å². The van der Waals surface area contributed by atoms with Gasteiger partial charge in [-0.25, -0.2) is 9.59 Å². The first-order valence-corrected chi connectivity index (χ1v) is 8.61. The first-order valence-electron chi connectivity index (χ1n) is 8.61. The Kier molecular flexibility index (Phi) is 7.74. The summed E-state index contributed by atoms with van der Waals surface area (Å²) >= 11 is 0. The Morgan fingerprint density at radius 2 is 1.58 bits per heavy atom. The Balaban J connectivity index is 1.80. The highest BCUT2D eigenvalue weighted by Gasteiger charge is 2.14. The number of carbonyl (C=O) groups excluding carboxylic acids is 2. The normalized spacial score (nSPS) is 10.4. The lowest BCUT2D eigenvalue weighted by molar-refractivity contribution is 0.0598. The van der Waals surface area contributed by atoms with Crippen molar-refractivity contribution in [1.29, 1.82) is 0 Å². The summed E-state index contributed by atoms with van der Waals surface area (Å²) in [7, 11) is 2.58. The smallest absolute Gasteiger partial charge is 0.338 e. The predicted octanol–water partition coefficient (Wildman–Crippen LogP) is 4.03. The fraction of sp³-hybridized carbons (Fsp3) is 0.400. The van der Waals surface area contributed by atoms with Crippen LogP contribution in [0.1, 0.15) is 52.2 Å². The average molecular weight is 360 g/mol. The van der Waals surface area contributed by atoms with Crippen LogP contribution in [-0.4, -0.2) is 32.8 Å². The first-order chi connectivity index (χ1) is 12.6. The van der Waals surface area contributed by atoms with E-state index >= 15 is 0 Å². The fourth-order valence-electron chi connectivity index (χ4n) is 2.55. The molecule has 2 aromatic rings. The molecule has 2 rings (SSSR count). The van der Waals surface area contributed by atoms with Crippen LogP contribution in [0.3, 0.4) is 0 Å². The molecule has 140 valence electrons. The van der Waals surface area contributed by atoms with Gasteiger partial charge in [-0.2, -0.15) is 0 Å². The molecule has 0 unspecified atom stereocenters. The summed E-state index contributed by atoms with van der Waals surface area (Å²) < 4.78 is 20.4. The number of unbranched alkanes of at least 4 members (excludes halogenated alkanes) is 3. The van der Waals surface area contributed by atoms with E-state index in [9.17, 15) is 9.59 Å². The number of furan rings is 1. The second kappa shape index (κ2) is 10.3. The lowest BCUT2D eigenvalue weighted by Gasteiger charge is -2.10. The number of ether oxygens (including phenoxy) is 3. The molecule has 0 radical (unpaired) electrons. The Labute approximate surface area is 153 Å². The largest absolute Gasteiger partial charge is 0.494 e. The van der Waals surface area contributed by atoms with Gasteiger partial charge in [-0.15, -0.1) is 0 Å². The molecule has 0 aliphatic heterocycles. The Morgan fingerprint density at radius 1 is 0.923 bits per heavy atom. The topological polar surface area (TPSA) is 75.0 Å². The van der Waals surface area contributed by atoms with E-state index in [1.807, 2.05) is 12.1 Å². The molecule has 0 saturated carbocycles. The average Bonchev–Trinajstić information content (AvgIpc) is 3.19. The third kappa shape index (κ3) is 5.95. The van der Waals surface area contributed by atoms with Crippen LogP contribution in [0.15, 0.2) is 41.0 Å². The summed E-state index contributed by atoms with van der Waals surface area (Å²) in [5.74, 6) is 0.400. The number of methoxy groups -OCH3 is 2. The number of carbonyl (C=O) groups is 2. The van der Waals surface area contributed by atoms with E-state index in [0.29, 0.717) is 12.4 Å². The van der Waals surface area contributed by atoms with Gasteiger partial charge in [0.05, 0.1) is 38.2 Å². The molecule has 0 aliphatic carbocycles. The molecule has 6 nitrogen and oxygen atoms in total. The lowest BCUT2D eigenvalue weighted by atomic mass is 10.1. The second-order valence-corrected chi connectivity index (χ2v) is 5.82. The van der Waals surface area contributed by atoms with Gasteiger partial charge in [-0.3, -0.25) is 0 Å². The van der Waals surface area contributed by atoms with Crippen molar-refractivity contribution in [3.05, 3.63) is 53.5 Å². The second-order valence-electron chi connectivity index (χ2n) is 5.82. The zero-order valence-electron chi connectivity index (χ0n) is 15.2. The van der Waals surface area contributed by atoms with Gasteiger partial charge in [-0.1, -0.05) is 12.8 Å². The molecule has 0 bridgehead atoms. The Morgan fingerprint density at radius 3 is 2.15 bits per heavy atom. The molecule has 0 amide bonds. The maximum Gasteiger partial charge on any atom is 0.338 e. The monoisotopic (exact) mass is 360 g/mol. The molecule has 26 heavy (non-hydrogen) atoms. The van der Waals surface area contributed by atoms with E-state index in [1.165, 1.54) is 20.3 Å². The quantitative estimate of drug-likeness (QED) is 0.470. The van der Waals surface area contributed by atoms with Crippen molar-refractivity contribution in [3.63, 3.8) is 0 Å². The van der Waals surface area contributed by atoms with Gasteiger partial charge in [-0.05, 0) is 43.2 Å². The maximum absolute atomic E-state index is 11.7. The summed E-state index contributed by atoms with van der Waals surface area (Å²) in [6.07, 6.45) is 6.69. The van der Waals surface area contributed by atoms with Gasteiger partial charge in [0.15, 0.2) is 0 Å². The van der Waals surface area contributed by atoms with E-state index in [1.54, 1.807) is 18.4 Å². The van der Waals surface area contributed by atoms with Crippen LogP contribution in [0.25, 0.3) is 0 Å². The van der Waals surface area contributed by atoms with Crippen LogP contribution in [0.5, 0.6) is 5.75 Å². The van der Waals surface area contributed by atoms with E-state index in [0.717, 1.165) is 37.9 Å². The minimum atomic E-state index is -0.529. The van der Waals surface area contributed by atoms with E-state index in [4.69, 9.17) is 18.6 Å². The minimum Gasteiger partial charge on any atom is -0.494 e. The van der Waals surface area contributed by atoms with Crippen molar-refractivity contribution in [2.24, 2.45) is 0 Å².